The first-order chi connectivity index (χ1) is 14.8. The van der Waals surface area contributed by atoms with Crippen LogP contribution in [0, 0.1) is 0 Å². The van der Waals surface area contributed by atoms with E-state index in [0.29, 0.717) is 0 Å². The van der Waals surface area contributed by atoms with Crippen molar-refractivity contribution < 1.29 is 0 Å². The molecule has 10 nitrogen and oxygen atoms in total. The number of hydrogen-bond acceptors (Lipinski definition) is 8. The highest BCUT2D eigenvalue weighted by atomic mass is 15.4. The first-order valence-corrected chi connectivity index (χ1v) is 10.6. The highest BCUT2D eigenvalue weighted by molar-refractivity contribution is 5.80. The van der Waals surface area contributed by atoms with Gasteiger partial charge in [0.15, 0.2) is 5.96 Å². The third-order valence-corrected chi connectivity index (χ3v) is 5.54. The second kappa shape index (κ2) is 10.1. The predicted octanol–water partition coefficient (Wildman–Crippen LogP) is -0.214. The Balaban J connectivity index is 1.17. The summed E-state index contributed by atoms with van der Waals surface area (Å²) < 4.78 is 0. The smallest absolute Gasteiger partial charge is 0.225 e. The summed E-state index contributed by atoms with van der Waals surface area (Å²) >= 11 is 0. The van der Waals surface area contributed by atoms with E-state index in [1.54, 1.807) is 24.8 Å². The van der Waals surface area contributed by atoms with Crippen LogP contribution in [-0.2, 0) is 0 Å². The largest absolute Gasteiger partial charge is 0.355 e. The van der Waals surface area contributed by atoms with Crippen molar-refractivity contribution in [1.82, 2.24) is 35.1 Å². The predicted molar refractivity (Wildman–Crippen MR) is 118 cm³/mol. The number of nitrogens with zero attached hydrogens (tertiary/aromatic N) is 9. The minimum Gasteiger partial charge on any atom is -0.355 e. The lowest BCUT2D eigenvalue weighted by molar-refractivity contribution is 0.258. The van der Waals surface area contributed by atoms with Crippen LogP contribution in [0.2, 0.25) is 0 Å². The number of nitrogens with one attached hydrogen (secondary N) is 1. The van der Waals surface area contributed by atoms with Gasteiger partial charge in [-0.05, 0) is 12.1 Å². The van der Waals surface area contributed by atoms with E-state index in [4.69, 9.17) is 0 Å². The van der Waals surface area contributed by atoms with E-state index in [1.165, 1.54) is 0 Å². The number of aliphatic imine (C=N–C) groups is 1. The number of anilines is 2. The lowest BCUT2D eigenvalue weighted by atomic mass is 10.3. The number of piperazine rings is 2. The second-order valence-corrected chi connectivity index (χ2v) is 7.37. The number of rotatable bonds is 5. The maximum absolute atomic E-state index is 4.48. The maximum atomic E-state index is 4.48. The summed E-state index contributed by atoms with van der Waals surface area (Å²) in [5, 5.41) is 3.53. The summed E-state index contributed by atoms with van der Waals surface area (Å²) in [5.74, 6) is 2.61. The standard InChI is InChI=1S/C20H30N10/c1-21-18(28-14-16-30(17-15-28)20-24-6-3-7-25-20)26-8-9-27-10-12-29(13-11-27)19-22-4-2-5-23-19/h2-7H,8-17H2,1H3,(H,21,26). The lowest BCUT2D eigenvalue weighted by Gasteiger charge is -2.37. The molecule has 2 aromatic rings. The third kappa shape index (κ3) is 5.12. The number of guanidine groups is 1. The van der Waals surface area contributed by atoms with Gasteiger partial charge in [-0.15, -0.1) is 0 Å². The van der Waals surface area contributed by atoms with Gasteiger partial charge in [0.2, 0.25) is 11.9 Å². The van der Waals surface area contributed by atoms with Crippen molar-refractivity contribution in [2.45, 2.75) is 0 Å². The summed E-state index contributed by atoms with van der Waals surface area (Å²) in [4.78, 5) is 31.1. The van der Waals surface area contributed by atoms with Gasteiger partial charge in [0.1, 0.15) is 0 Å². The van der Waals surface area contributed by atoms with E-state index < -0.39 is 0 Å². The molecule has 0 saturated carbocycles. The molecule has 2 aliphatic rings. The fourth-order valence-corrected chi connectivity index (χ4v) is 3.86. The van der Waals surface area contributed by atoms with Crippen LogP contribution in [0.4, 0.5) is 11.9 Å². The Morgan fingerprint density at radius 3 is 1.80 bits per heavy atom. The SMILES string of the molecule is CN=C(NCCN1CCN(c2ncccn2)CC1)N1CCN(c2ncccn2)CC1. The van der Waals surface area contributed by atoms with Crippen LogP contribution in [0.1, 0.15) is 0 Å². The van der Waals surface area contributed by atoms with Gasteiger partial charge in [-0.25, -0.2) is 19.9 Å². The summed E-state index contributed by atoms with van der Waals surface area (Å²) in [6.07, 6.45) is 7.19. The molecule has 2 aliphatic heterocycles. The molecule has 2 saturated heterocycles. The average Bonchev–Trinajstić information content (AvgIpc) is 2.84. The van der Waals surface area contributed by atoms with E-state index in [-0.39, 0.29) is 0 Å². The fraction of sp³-hybridized carbons (Fsp3) is 0.550. The molecule has 2 fully saturated rings. The summed E-state index contributed by atoms with van der Waals surface area (Å²) in [6, 6.07) is 3.70. The number of aromatic nitrogens is 4. The van der Waals surface area contributed by atoms with Gasteiger partial charge in [0.25, 0.3) is 0 Å². The maximum Gasteiger partial charge on any atom is 0.225 e. The normalized spacial score (nSPS) is 18.6. The van der Waals surface area contributed by atoms with Crippen LogP contribution in [0.25, 0.3) is 0 Å². The Hall–Kier alpha value is -3.01. The van der Waals surface area contributed by atoms with Crippen molar-refractivity contribution in [2.24, 2.45) is 4.99 Å². The van der Waals surface area contributed by atoms with E-state index in [9.17, 15) is 0 Å². The van der Waals surface area contributed by atoms with Crippen molar-refractivity contribution >= 4 is 17.9 Å². The highest BCUT2D eigenvalue weighted by Gasteiger charge is 2.22. The molecule has 0 spiro atoms. The van der Waals surface area contributed by atoms with E-state index in [0.717, 1.165) is 83.3 Å². The van der Waals surface area contributed by atoms with Gasteiger partial charge >= 0.3 is 0 Å². The molecule has 0 radical (unpaired) electrons. The lowest BCUT2D eigenvalue weighted by Crippen LogP contribution is -2.54. The molecule has 160 valence electrons. The molecular weight excluding hydrogens is 380 g/mol. The number of hydrogen-bond donors (Lipinski definition) is 1. The molecule has 0 bridgehead atoms. The topological polar surface area (TPSA) is 88.9 Å². The van der Waals surface area contributed by atoms with Gasteiger partial charge in [-0.2, -0.15) is 0 Å². The second-order valence-electron chi connectivity index (χ2n) is 7.37. The Morgan fingerprint density at radius 2 is 1.30 bits per heavy atom. The monoisotopic (exact) mass is 410 g/mol. The van der Waals surface area contributed by atoms with E-state index in [2.05, 4.69) is 49.8 Å². The van der Waals surface area contributed by atoms with Gasteiger partial charge in [0, 0.05) is 97.3 Å². The Kier molecular flexibility index (Phi) is 6.86. The van der Waals surface area contributed by atoms with Crippen LogP contribution in [0.5, 0.6) is 0 Å². The molecule has 2 aromatic heterocycles. The van der Waals surface area contributed by atoms with Gasteiger partial charge in [0.05, 0.1) is 0 Å². The van der Waals surface area contributed by atoms with Crippen molar-refractivity contribution in [2.75, 3.05) is 82.3 Å². The molecule has 0 aromatic carbocycles. The molecular formula is C20H30N10. The molecule has 4 heterocycles. The zero-order valence-electron chi connectivity index (χ0n) is 17.6. The molecule has 1 N–H and O–H groups in total. The quantitative estimate of drug-likeness (QED) is 0.531. The van der Waals surface area contributed by atoms with Crippen LogP contribution < -0.4 is 15.1 Å². The molecule has 0 aliphatic carbocycles. The zero-order valence-corrected chi connectivity index (χ0v) is 17.6. The van der Waals surface area contributed by atoms with Crippen LogP contribution >= 0.6 is 0 Å². The van der Waals surface area contributed by atoms with Crippen molar-refractivity contribution in [3.05, 3.63) is 36.9 Å². The van der Waals surface area contributed by atoms with Crippen LogP contribution in [0.3, 0.4) is 0 Å². The Morgan fingerprint density at radius 1 is 0.800 bits per heavy atom. The third-order valence-electron chi connectivity index (χ3n) is 5.54. The van der Waals surface area contributed by atoms with Gasteiger partial charge < -0.3 is 20.0 Å². The molecule has 30 heavy (non-hydrogen) atoms. The molecule has 4 rings (SSSR count). The van der Waals surface area contributed by atoms with Crippen LogP contribution in [-0.4, -0.2) is 108 Å². The van der Waals surface area contributed by atoms with Gasteiger partial charge in [-0.3, -0.25) is 9.89 Å². The minimum absolute atomic E-state index is 0.806. The Bertz CT molecular complexity index is 784. The van der Waals surface area contributed by atoms with Crippen molar-refractivity contribution in [3.63, 3.8) is 0 Å². The first-order valence-electron chi connectivity index (χ1n) is 10.6. The molecule has 0 unspecified atom stereocenters. The van der Waals surface area contributed by atoms with Crippen LogP contribution in [0.15, 0.2) is 41.9 Å². The van der Waals surface area contributed by atoms with Gasteiger partial charge in [-0.1, -0.05) is 0 Å². The molecule has 10 heteroatoms. The van der Waals surface area contributed by atoms with E-state index >= 15 is 0 Å². The van der Waals surface area contributed by atoms with Crippen molar-refractivity contribution in [3.8, 4) is 0 Å². The summed E-state index contributed by atoms with van der Waals surface area (Å²) in [6.45, 7) is 9.47. The highest BCUT2D eigenvalue weighted by Crippen LogP contribution is 2.10. The summed E-state index contributed by atoms with van der Waals surface area (Å²) in [7, 11) is 1.85. The van der Waals surface area contributed by atoms with E-state index in [1.807, 2.05) is 19.2 Å². The Labute approximate surface area is 177 Å². The first kappa shape index (κ1) is 20.3. The van der Waals surface area contributed by atoms with Crippen molar-refractivity contribution in [1.29, 1.82) is 0 Å². The fourth-order valence-electron chi connectivity index (χ4n) is 3.86. The molecule has 0 atom stereocenters. The summed E-state index contributed by atoms with van der Waals surface area (Å²) in [5.41, 5.74) is 0. The minimum atomic E-state index is 0.806. The zero-order chi connectivity index (χ0) is 20.6. The molecule has 0 amide bonds. The average molecular weight is 411 g/mol.